The molecule has 2 aliphatic rings. The Hall–Kier alpha value is -2.43. The number of aryl methyl sites for hydroxylation is 1. The predicted molar refractivity (Wildman–Crippen MR) is 96.3 cm³/mol. The molecule has 2 N–H and O–H groups in total. The van der Waals surface area contributed by atoms with Crippen molar-refractivity contribution >= 4 is 22.7 Å². The lowest BCUT2D eigenvalue weighted by Gasteiger charge is -2.31. The van der Waals surface area contributed by atoms with E-state index in [1.54, 1.807) is 0 Å². The van der Waals surface area contributed by atoms with E-state index in [4.69, 9.17) is 10.7 Å². The highest BCUT2D eigenvalue weighted by molar-refractivity contribution is 6.06. The first kappa shape index (κ1) is 16.1. The Kier molecular flexibility index (Phi) is 3.94. The first-order chi connectivity index (χ1) is 12.0. The molecule has 5 nitrogen and oxygen atoms in total. The summed E-state index contributed by atoms with van der Waals surface area (Å²) in [4.78, 5) is 31.2. The van der Waals surface area contributed by atoms with Crippen molar-refractivity contribution in [2.24, 2.45) is 11.7 Å². The van der Waals surface area contributed by atoms with Crippen LogP contribution in [-0.2, 0) is 4.79 Å². The van der Waals surface area contributed by atoms with E-state index >= 15 is 0 Å². The summed E-state index contributed by atoms with van der Waals surface area (Å²) in [5.74, 6) is 0.177. The Bertz CT molecular complexity index is 849. The van der Waals surface area contributed by atoms with Gasteiger partial charge >= 0.3 is 0 Å². The molecule has 1 saturated carbocycles. The van der Waals surface area contributed by atoms with E-state index in [0.717, 1.165) is 40.6 Å². The van der Waals surface area contributed by atoms with Gasteiger partial charge in [-0.25, -0.2) is 0 Å². The molecule has 1 aromatic carbocycles. The molecule has 4 rings (SSSR count). The number of primary amides is 1. The first-order valence-electron chi connectivity index (χ1n) is 9.03. The molecule has 1 aliphatic heterocycles. The van der Waals surface area contributed by atoms with Crippen LogP contribution in [0.25, 0.3) is 10.9 Å². The summed E-state index contributed by atoms with van der Waals surface area (Å²) < 4.78 is 0. The highest BCUT2D eigenvalue weighted by atomic mass is 16.2. The molecule has 2 fully saturated rings. The van der Waals surface area contributed by atoms with Crippen molar-refractivity contribution in [2.45, 2.75) is 38.5 Å². The van der Waals surface area contributed by atoms with Gasteiger partial charge in [-0.2, -0.15) is 0 Å². The molecule has 1 saturated heterocycles. The third kappa shape index (κ3) is 3.11. The number of benzene rings is 1. The van der Waals surface area contributed by atoms with Gasteiger partial charge in [0.25, 0.3) is 5.91 Å². The number of rotatable bonds is 3. The van der Waals surface area contributed by atoms with Crippen molar-refractivity contribution in [3.63, 3.8) is 0 Å². The van der Waals surface area contributed by atoms with Gasteiger partial charge in [-0.05, 0) is 50.8 Å². The zero-order valence-electron chi connectivity index (χ0n) is 14.5. The maximum absolute atomic E-state index is 13.2. The number of hydrogen-bond donors (Lipinski definition) is 1. The van der Waals surface area contributed by atoms with Crippen LogP contribution in [0, 0.1) is 12.8 Å². The number of carbonyl (C=O) groups excluding carboxylic acids is 2. The van der Waals surface area contributed by atoms with Crippen molar-refractivity contribution in [2.75, 3.05) is 13.1 Å². The van der Waals surface area contributed by atoms with Gasteiger partial charge in [0.2, 0.25) is 5.91 Å². The summed E-state index contributed by atoms with van der Waals surface area (Å²) in [6, 6.07) is 8.08. The summed E-state index contributed by atoms with van der Waals surface area (Å²) in [5.41, 5.74) is 9.19. The van der Waals surface area contributed by atoms with Crippen LogP contribution in [0.4, 0.5) is 0 Å². The third-order valence-corrected chi connectivity index (χ3v) is 5.39. The molecule has 25 heavy (non-hydrogen) atoms. The second-order valence-corrected chi connectivity index (χ2v) is 7.36. The number of amides is 2. The van der Waals surface area contributed by atoms with Crippen molar-refractivity contribution in [1.82, 2.24) is 9.88 Å². The molecule has 0 atom stereocenters. The van der Waals surface area contributed by atoms with E-state index in [1.165, 1.54) is 0 Å². The molecule has 0 radical (unpaired) electrons. The molecule has 2 amide bonds. The summed E-state index contributed by atoms with van der Waals surface area (Å²) in [6.45, 7) is 3.20. The molecular formula is C20H23N3O2. The summed E-state index contributed by atoms with van der Waals surface area (Å²) >= 11 is 0. The monoisotopic (exact) mass is 337 g/mol. The molecule has 2 heterocycles. The largest absolute Gasteiger partial charge is 0.369 e. The molecule has 2 aromatic rings. The summed E-state index contributed by atoms with van der Waals surface area (Å²) in [6.07, 6.45) is 3.61. The van der Waals surface area contributed by atoms with Crippen LogP contribution in [0.5, 0.6) is 0 Å². The van der Waals surface area contributed by atoms with Gasteiger partial charge in [-0.1, -0.05) is 11.6 Å². The molecular weight excluding hydrogens is 314 g/mol. The number of fused-ring (bicyclic) bond motifs is 1. The molecule has 130 valence electrons. The normalized spacial score (nSPS) is 18.5. The molecule has 0 spiro atoms. The van der Waals surface area contributed by atoms with Crippen molar-refractivity contribution in [1.29, 1.82) is 0 Å². The minimum Gasteiger partial charge on any atom is -0.369 e. The van der Waals surface area contributed by atoms with Crippen LogP contribution in [0.2, 0.25) is 0 Å². The average Bonchev–Trinajstić information content (AvgIpc) is 3.45. The number of hydrogen-bond acceptors (Lipinski definition) is 3. The summed E-state index contributed by atoms with van der Waals surface area (Å²) in [5, 5.41) is 0.923. The van der Waals surface area contributed by atoms with E-state index < -0.39 is 0 Å². The lowest BCUT2D eigenvalue weighted by atomic mass is 9.95. The smallest absolute Gasteiger partial charge is 0.254 e. The number of nitrogens with zero attached hydrogens (tertiary/aromatic N) is 2. The van der Waals surface area contributed by atoms with Crippen LogP contribution in [0.15, 0.2) is 24.3 Å². The maximum atomic E-state index is 13.2. The van der Waals surface area contributed by atoms with Gasteiger partial charge < -0.3 is 10.6 Å². The highest BCUT2D eigenvalue weighted by Crippen LogP contribution is 2.40. The Labute approximate surface area is 147 Å². The third-order valence-electron chi connectivity index (χ3n) is 5.39. The predicted octanol–water partition coefficient (Wildman–Crippen LogP) is 2.76. The van der Waals surface area contributed by atoms with E-state index in [2.05, 4.69) is 0 Å². The Balaban J connectivity index is 1.68. The number of nitrogens with two attached hydrogens (primary N) is 1. The SMILES string of the molecule is Cc1ccc2nc(C3CC3)cc(C(=O)N3CCC(C(N)=O)CC3)c2c1. The van der Waals surface area contributed by atoms with Crippen molar-refractivity contribution in [3.05, 3.63) is 41.1 Å². The lowest BCUT2D eigenvalue weighted by molar-refractivity contribution is -0.123. The standard InChI is InChI=1S/C20H23N3O2/c1-12-2-5-17-15(10-12)16(11-18(22-17)13-3-4-13)20(25)23-8-6-14(7-9-23)19(21)24/h2,5,10-11,13-14H,3-4,6-9H2,1H3,(H2,21,24). The molecule has 1 aliphatic carbocycles. The lowest BCUT2D eigenvalue weighted by Crippen LogP contribution is -2.41. The topological polar surface area (TPSA) is 76.3 Å². The number of pyridine rings is 1. The van der Waals surface area contributed by atoms with Crippen LogP contribution in [0.3, 0.4) is 0 Å². The Morgan fingerprint density at radius 3 is 2.48 bits per heavy atom. The fraction of sp³-hybridized carbons (Fsp3) is 0.450. The number of carbonyl (C=O) groups is 2. The molecule has 0 unspecified atom stereocenters. The average molecular weight is 337 g/mol. The van der Waals surface area contributed by atoms with Crippen molar-refractivity contribution in [3.8, 4) is 0 Å². The van der Waals surface area contributed by atoms with Gasteiger partial charge in [0.15, 0.2) is 0 Å². The highest BCUT2D eigenvalue weighted by Gasteiger charge is 2.30. The van der Waals surface area contributed by atoms with Gasteiger partial charge in [0.1, 0.15) is 0 Å². The van der Waals surface area contributed by atoms with Crippen LogP contribution in [-0.4, -0.2) is 34.8 Å². The minimum absolute atomic E-state index is 0.0443. The van der Waals surface area contributed by atoms with E-state index in [1.807, 2.05) is 36.1 Å². The van der Waals surface area contributed by atoms with E-state index in [-0.39, 0.29) is 17.7 Å². The fourth-order valence-electron chi connectivity index (χ4n) is 3.66. The van der Waals surface area contributed by atoms with E-state index in [0.29, 0.717) is 31.8 Å². The zero-order chi connectivity index (χ0) is 17.6. The Morgan fingerprint density at radius 2 is 1.84 bits per heavy atom. The van der Waals surface area contributed by atoms with E-state index in [9.17, 15) is 9.59 Å². The van der Waals surface area contributed by atoms with Crippen LogP contribution in [0.1, 0.15) is 53.2 Å². The zero-order valence-corrected chi connectivity index (χ0v) is 14.5. The van der Waals surface area contributed by atoms with Crippen LogP contribution >= 0.6 is 0 Å². The van der Waals surface area contributed by atoms with Crippen molar-refractivity contribution < 1.29 is 9.59 Å². The van der Waals surface area contributed by atoms with Gasteiger partial charge in [0.05, 0.1) is 11.1 Å². The molecule has 5 heteroatoms. The Morgan fingerprint density at radius 1 is 1.12 bits per heavy atom. The second-order valence-electron chi connectivity index (χ2n) is 7.36. The number of piperidine rings is 1. The number of likely N-dealkylation sites (tertiary alicyclic amines) is 1. The van der Waals surface area contributed by atoms with Gasteiger partial charge in [0, 0.05) is 36.0 Å². The summed E-state index contributed by atoms with van der Waals surface area (Å²) in [7, 11) is 0. The number of aromatic nitrogens is 1. The van der Waals surface area contributed by atoms with Gasteiger partial charge in [-0.15, -0.1) is 0 Å². The molecule has 1 aromatic heterocycles. The quantitative estimate of drug-likeness (QED) is 0.935. The second kappa shape index (κ2) is 6.14. The molecule has 0 bridgehead atoms. The van der Waals surface area contributed by atoms with Gasteiger partial charge in [-0.3, -0.25) is 14.6 Å². The minimum atomic E-state index is -0.256. The van der Waals surface area contributed by atoms with Crippen LogP contribution < -0.4 is 5.73 Å². The fourth-order valence-corrected chi connectivity index (χ4v) is 3.66. The first-order valence-corrected chi connectivity index (χ1v) is 9.03. The maximum Gasteiger partial charge on any atom is 0.254 e.